The fourth-order valence-corrected chi connectivity index (χ4v) is 4.18. The maximum atomic E-state index is 13.1. The third-order valence-corrected chi connectivity index (χ3v) is 6.27. The first-order chi connectivity index (χ1) is 13.4. The van der Waals surface area contributed by atoms with E-state index in [4.69, 9.17) is 18.2 Å². The minimum absolute atomic E-state index is 0.160. The third-order valence-electron chi connectivity index (χ3n) is 4.21. The molecule has 0 aliphatic heterocycles. The Labute approximate surface area is 165 Å². The Balaban J connectivity index is 2.19. The van der Waals surface area contributed by atoms with E-state index in [9.17, 15) is 9.36 Å². The molecule has 28 heavy (non-hydrogen) atoms. The summed E-state index contributed by atoms with van der Waals surface area (Å²) in [6.45, 7) is 4.15. The quantitative estimate of drug-likeness (QED) is 0.431. The van der Waals surface area contributed by atoms with Gasteiger partial charge in [0.05, 0.1) is 6.26 Å². The first-order valence-corrected chi connectivity index (χ1v) is 10.7. The number of nitrogens with one attached hydrogen (secondary N) is 1. The Bertz CT molecular complexity index is 754. The molecule has 0 aliphatic carbocycles. The number of esters is 1. The molecular formula is C20H28NO6P. The van der Waals surface area contributed by atoms with E-state index in [-0.39, 0.29) is 12.5 Å². The highest BCUT2D eigenvalue weighted by Gasteiger charge is 2.40. The van der Waals surface area contributed by atoms with Crippen LogP contribution in [0.15, 0.2) is 53.1 Å². The minimum atomic E-state index is -3.61. The SMILES string of the molecule is COP(=O)(OC)C(N[C@@H](CC(C)C)C(=O)OCc1ccccc1)c1ccco1. The largest absolute Gasteiger partial charge is 0.467 e. The van der Waals surface area contributed by atoms with Gasteiger partial charge in [-0.05, 0) is 30.0 Å². The predicted octanol–water partition coefficient (Wildman–Crippen LogP) is 4.51. The Morgan fingerprint density at radius 2 is 1.79 bits per heavy atom. The average molecular weight is 409 g/mol. The van der Waals surface area contributed by atoms with Crippen molar-refractivity contribution in [2.45, 2.75) is 38.7 Å². The number of hydrogen-bond acceptors (Lipinski definition) is 7. The molecule has 8 heteroatoms. The summed E-state index contributed by atoms with van der Waals surface area (Å²) in [7, 11) is -1.01. The van der Waals surface area contributed by atoms with E-state index in [1.54, 1.807) is 12.1 Å². The standard InChI is InChI=1S/C20H28NO6P/c1-15(2)13-17(20(22)27-14-16-9-6-5-7-10-16)21-19(18-11-8-12-26-18)28(23,24-3)25-4/h5-12,15,17,19,21H,13-14H2,1-4H3/t17-,19?/m0/s1. The Morgan fingerprint density at radius 1 is 1.11 bits per heavy atom. The van der Waals surface area contributed by atoms with Gasteiger partial charge in [0.1, 0.15) is 18.4 Å². The molecule has 1 aromatic carbocycles. The van der Waals surface area contributed by atoms with E-state index in [1.807, 2.05) is 44.2 Å². The number of rotatable bonds is 11. The smallest absolute Gasteiger partial charge is 0.354 e. The molecule has 2 atom stereocenters. The van der Waals surface area contributed by atoms with Crippen molar-refractivity contribution in [2.75, 3.05) is 14.2 Å². The van der Waals surface area contributed by atoms with Crippen molar-refractivity contribution in [3.63, 3.8) is 0 Å². The van der Waals surface area contributed by atoms with Crippen LogP contribution in [0, 0.1) is 5.92 Å². The van der Waals surface area contributed by atoms with Crippen LogP contribution in [0.3, 0.4) is 0 Å². The van der Waals surface area contributed by atoms with E-state index in [1.165, 1.54) is 20.5 Å². The van der Waals surface area contributed by atoms with Gasteiger partial charge in [-0.3, -0.25) is 14.7 Å². The van der Waals surface area contributed by atoms with Crippen LogP contribution in [0.5, 0.6) is 0 Å². The van der Waals surface area contributed by atoms with Crippen LogP contribution in [-0.2, 0) is 29.8 Å². The lowest BCUT2D eigenvalue weighted by atomic mass is 10.0. The van der Waals surface area contributed by atoms with Gasteiger partial charge in [0.15, 0.2) is 5.78 Å². The molecule has 0 spiro atoms. The van der Waals surface area contributed by atoms with Crippen LogP contribution in [0.2, 0.25) is 0 Å². The van der Waals surface area contributed by atoms with Gasteiger partial charge < -0.3 is 18.2 Å². The zero-order chi connectivity index (χ0) is 20.6. The fourth-order valence-electron chi connectivity index (χ4n) is 2.79. The molecule has 1 N–H and O–H groups in total. The van der Waals surface area contributed by atoms with E-state index in [2.05, 4.69) is 5.32 Å². The van der Waals surface area contributed by atoms with Crippen molar-refractivity contribution >= 4 is 13.6 Å². The molecule has 0 saturated carbocycles. The summed E-state index contributed by atoms with van der Waals surface area (Å²) in [6.07, 6.45) is 1.95. The molecule has 2 rings (SSSR count). The Kier molecular flexibility index (Phi) is 8.45. The Morgan fingerprint density at radius 3 is 2.32 bits per heavy atom. The van der Waals surface area contributed by atoms with Gasteiger partial charge in [0.2, 0.25) is 0 Å². The number of furan rings is 1. The summed E-state index contributed by atoms with van der Waals surface area (Å²) in [5.41, 5.74) is 0.890. The summed E-state index contributed by atoms with van der Waals surface area (Å²) in [4.78, 5) is 12.8. The zero-order valence-corrected chi connectivity index (χ0v) is 17.6. The zero-order valence-electron chi connectivity index (χ0n) is 16.7. The number of carbonyl (C=O) groups excluding carboxylic acids is 1. The summed E-state index contributed by atoms with van der Waals surface area (Å²) < 4.78 is 34.2. The molecule has 0 saturated heterocycles. The van der Waals surface area contributed by atoms with Gasteiger partial charge in [0, 0.05) is 14.2 Å². The lowest BCUT2D eigenvalue weighted by Crippen LogP contribution is -2.41. The van der Waals surface area contributed by atoms with E-state index in [0.717, 1.165) is 5.56 Å². The van der Waals surface area contributed by atoms with E-state index < -0.39 is 25.4 Å². The first-order valence-electron chi connectivity index (χ1n) is 9.10. The normalized spacial score (nSPS) is 14.0. The van der Waals surface area contributed by atoms with E-state index in [0.29, 0.717) is 12.2 Å². The van der Waals surface area contributed by atoms with Crippen LogP contribution in [0.25, 0.3) is 0 Å². The molecule has 154 valence electrons. The van der Waals surface area contributed by atoms with Crippen LogP contribution >= 0.6 is 7.60 Å². The van der Waals surface area contributed by atoms with Gasteiger partial charge in [-0.1, -0.05) is 44.2 Å². The summed E-state index contributed by atoms with van der Waals surface area (Å²) in [6, 6.07) is 12.0. The van der Waals surface area contributed by atoms with Crippen LogP contribution < -0.4 is 5.32 Å². The third kappa shape index (κ3) is 6.04. The van der Waals surface area contributed by atoms with Crippen molar-refractivity contribution in [1.82, 2.24) is 5.32 Å². The lowest BCUT2D eigenvalue weighted by molar-refractivity contribution is -0.148. The van der Waals surface area contributed by atoms with Crippen molar-refractivity contribution in [2.24, 2.45) is 5.92 Å². The fraction of sp³-hybridized carbons (Fsp3) is 0.450. The second-order valence-electron chi connectivity index (χ2n) is 6.77. The molecule has 0 amide bonds. The van der Waals surface area contributed by atoms with Crippen molar-refractivity contribution in [1.29, 1.82) is 0 Å². The molecule has 0 radical (unpaired) electrons. The number of carbonyl (C=O) groups is 1. The van der Waals surface area contributed by atoms with Crippen LogP contribution in [-0.4, -0.2) is 26.2 Å². The van der Waals surface area contributed by atoms with Gasteiger partial charge >= 0.3 is 13.6 Å². The Hall–Kier alpha value is -1.92. The lowest BCUT2D eigenvalue weighted by Gasteiger charge is -2.28. The maximum Gasteiger partial charge on any atom is 0.354 e. The average Bonchev–Trinajstić information content (AvgIpc) is 3.23. The minimum Gasteiger partial charge on any atom is -0.467 e. The summed E-state index contributed by atoms with van der Waals surface area (Å²) in [5, 5.41) is 3.08. The van der Waals surface area contributed by atoms with Gasteiger partial charge in [-0.15, -0.1) is 0 Å². The number of hydrogen-bond donors (Lipinski definition) is 1. The van der Waals surface area contributed by atoms with E-state index >= 15 is 0 Å². The molecule has 1 aromatic heterocycles. The highest BCUT2D eigenvalue weighted by molar-refractivity contribution is 7.54. The van der Waals surface area contributed by atoms with Crippen molar-refractivity contribution in [3.8, 4) is 0 Å². The predicted molar refractivity (Wildman–Crippen MR) is 106 cm³/mol. The van der Waals surface area contributed by atoms with Gasteiger partial charge in [0.25, 0.3) is 0 Å². The highest BCUT2D eigenvalue weighted by atomic mass is 31.2. The van der Waals surface area contributed by atoms with Crippen molar-refractivity contribution < 1.29 is 27.6 Å². The van der Waals surface area contributed by atoms with Crippen LogP contribution in [0.4, 0.5) is 0 Å². The molecule has 0 fully saturated rings. The topological polar surface area (TPSA) is 87.0 Å². The molecular weight excluding hydrogens is 381 g/mol. The van der Waals surface area contributed by atoms with Gasteiger partial charge in [-0.2, -0.15) is 0 Å². The molecule has 0 bridgehead atoms. The molecule has 1 heterocycles. The van der Waals surface area contributed by atoms with Crippen molar-refractivity contribution in [3.05, 3.63) is 60.1 Å². The molecule has 2 aromatic rings. The van der Waals surface area contributed by atoms with Crippen LogP contribution in [0.1, 0.15) is 37.4 Å². The first kappa shape index (κ1) is 22.4. The highest BCUT2D eigenvalue weighted by Crippen LogP contribution is 2.58. The number of ether oxygens (including phenoxy) is 1. The summed E-state index contributed by atoms with van der Waals surface area (Å²) >= 11 is 0. The maximum absolute atomic E-state index is 13.1. The molecule has 7 nitrogen and oxygen atoms in total. The molecule has 1 unspecified atom stereocenters. The van der Waals surface area contributed by atoms with Gasteiger partial charge in [-0.25, -0.2) is 0 Å². The number of benzene rings is 1. The summed E-state index contributed by atoms with van der Waals surface area (Å²) in [5.74, 6) is -0.821. The second kappa shape index (κ2) is 10.6. The molecule has 0 aliphatic rings. The monoisotopic (exact) mass is 409 g/mol. The second-order valence-corrected chi connectivity index (χ2v) is 9.09.